The molecule has 3 heterocycles. The number of pyridine rings is 1. The smallest absolute Gasteiger partial charge is 0.336 e. The molecule has 5 rings (SSSR count). The lowest BCUT2D eigenvalue weighted by molar-refractivity contribution is -0.119. The first-order valence-electron chi connectivity index (χ1n) is 11.8. The summed E-state index contributed by atoms with van der Waals surface area (Å²) < 4.78 is 11.2. The van der Waals surface area contributed by atoms with Crippen LogP contribution >= 0.6 is 12.2 Å². The van der Waals surface area contributed by atoms with E-state index in [1.54, 1.807) is 48.7 Å². The number of carboxylic acid groups (broad SMARTS) is 1. The lowest BCUT2D eigenvalue weighted by Gasteiger charge is -2.26. The molecule has 0 spiro atoms. The van der Waals surface area contributed by atoms with Gasteiger partial charge >= 0.3 is 5.97 Å². The fraction of sp³-hybridized carbons (Fsp3) is 0.143. The number of amides is 1. The molecule has 0 unspecified atom stereocenters. The molecule has 192 valence electrons. The first-order valence-corrected chi connectivity index (χ1v) is 12.2. The number of nitrogens with zero attached hydrogens (tertiary/aromatic N) is 2. The summed E-state index contributed by atoms with van der Waals surface area (Å²) in [5.41, 5.74) is 2.81. The monoisotopic (exact) mass is 528 g/mol. The molecule has 1 aliphatic heterocycles. The average molecular weight is 529 g/mol. The average Bonchev–Trinajstić information content (AvgIpc) is 3.54. The van der Waals surface area contributed by atoms with E-state index in [0.29, 0.717) is 27.9 Å². The number of carbonyl (C=O) groups is 2. The maximum atomic E-state index is 11.9. The van der Waals surface area contributed by atoms with Crippen molar-refractivity contribution in [2.24, 2.45) is 0 Å². The van der Waals surface area contributed by atoms with Gasteiger partial charge in [-0.25, -0.2) is 4.79 Å². The van der Waals surface area contributed by atoms with Crippen molar-refractivity contribution in [1.82, 2.24) is 10.3 Å². The number of hydrogen-bond acceptors (Lipinski definition) is 6. The second kappa shape index (κ2) is 10.8. The van der Waals surface area contributed by atoms with Gasteiger partial charge in [0, 0.05) is 30.2 Å². The lowest BCUT2D eigenvalue weighted by atomic mass is 10.0. The molecule has 2 atom stereocenters. The van der Waals surface area contributed by atoms with E-state index >= 15 is 0 Å². The molecular weight excluding hydrogens is 504 g/mol. The maximum Gasteiger partial charge on any atom is 0.336 e. The van der Waals surface area contributed by atoms with Crippen molar-refractivity contribution in [2.75, 3.05) is 23.9 Å². The molecule has 1 aliphatic rings. The van der Waals surface area contributed by atoms with Crippen LogP contribution in [0.3, 0.4) is 0 Å². The van der Waals surface area contributed by atoms with Crippen LogP contribution in [0.25, 0.3) is 11.3 Å². The molecule has 38 heavy (non-hydrogen) atoms. The van der Waals surface area contributed by atoms with Crippen LogP contribution in [0.15, 0.2) is 89.5 Å². The number of anilines is 2. The van der Waals surface area contributed by atoms with Gasteiger partial charge in [-0.15, -0.1) is 0 Å². The van der Waals surface area contributed by atoms with Gasteiger partial charge in [-0.3, -0.25) is 9.78 Å². The Morgan fingerprint density at radius 2 is 1.84 bits per heavy atom. The quantitative estimate of drug-likeness (QED) is 0.277. The van der Waals surface area contributed by atoms with E-state index in [1.807, 2.05) is 41.3 Å². The van der Waals surface area contributed by atoms with E-state index in [1.165, 1.54) is 7.11 Å². The third kappa shape index (κ3) is 4.99. The van der Waals surface area contributed by atoms with E-state index < -0.39 is 12.0 Å². The maximum absolute atomic E-state index is 11.9. The predicted octanol–water partition coefficient (Wildman–Crippen LogP) is 4.80. The van der Waals surface area contributed by atoms with E-state index in [9.17, 15) is 14.7 Å². The summed E-state index contributed by atoms with van der Waals surface area (Å²) in [4.78, 5) is 30.2. The summed E-state index contributed by atoms with van der Waals surface area (Å²) >= 11 is 5.75. The molecule has 0 aliphatic carbocycles. The highest BCUT2D eigenvalue weighted by Gasteiger charge is 2.42. The third-order valence-corrected chi connectivity index (χ3v) is 6.46. The van der Waals surface area contributed by atoms with Gasteiger partial charge in [0.05, 0.1) is 17.3 Å². The third-order valence-electron chi connectivity index (χ3n) is 6.14. The van der Waals surface area contributed by atoms with Crippen LogP contribution in [0.2, 0.25) is 0 Å². The van der Waals surface area contributed by atoms with Crippen LogP contribution in [-0.2, 0) is 9.53 Å². The molecule has 0 saturated carbocycles. The van der Waals surface area contributed by atoms with Gasteiger partial charge < -0.3 is 29.8 Å². The second-order valence-electron chi connectivity index (χ2n) is 8.58. The van der Waals surface area contributed by atoms with Crippen LogP contribution in [0.1, 0.15) is 33.9 Å². The Balaban J connectivity index is 1.53. The molecular formula is C28H24N4O5S. The van der Waals surface area contributed by atoms with Crippen molar-refractivity contribution in [2.45, 2.75) is 12.1 Å². The Labute approximate surface area is 224 Å². The number of carbonyl (C=O) groups excluding carboxylic acids is 1. The van der Waals surface area contributed by atoms with Gasteiger partial charge in [-0.2, -0.15) is 0 Å². The van der Waals surface area contributed by atoms with Gasteiger partial charge in [0.2, 0.25) is 5.91 Å². The highest BCUT2D eigenvalue weighted by Crippen LogP contribution is 2.43. The fourth-order valence-corrected chi connectivity index (χ4v) is 4.84. The number of furan rings is 1. The molecule has 3 N–H and O–H groups in total. The molecule has 10 heteroatoms. The summed E-state index contributed by atoms with van der Waals surface area (Å²) in [6, 6.07) is 22.5. The molecule has 1 fully saturated rings. The number of aromatic nitrogens is 1. The number of aromatic carboxylic acids is 1. The van der Waals surface area contributed by atoms with Crippen molar-refractivity contribution in [3.63, 3.8) is 0 Å². The minimum absolute atomic E-state index is 0.0401. The predicted molar refractivity (Wildman–Crippen MR) is 146 cm³/mol. The summed E-state index contributed by atoms with van der Waals surface area (Å²) in [6.45, 7) is -0.0401. The van der Waals surface area contributed by atoms with Crippen molar-refractivity contribution in [1.29, 1.82) is 0 Å². The lowest BCUT2D eigenvalue weighted by Crippen LogP contribution is -2.29. The first kappa shape index (κ1) is 25.1. The van der Waals surface area contributed by atoms with Crippen molar-refractivity contribution < 1.29 is 23.8 Å². The second-order valence-corrected chi connectivity index (χ2v) is 8.96. The summed E-state index contributed by atoms with van der Waals surface area (Å²) in [5.74, 6) is -0.267. The largest absolute Gasteiger partial charge is 0.478 e. The molecule has 0 radical (unpaired) electrons. The zero-order chi connectivity index (χ0) is 26.6. The summed E-state index contributed by atoms with van der Waals surface area (Å²) in [7, 11) is 1.46. The number of hydrogen-bond donors (Lipinski definition) is 3. The number of rotatable bonds is 8. The van der Waals surface area contributed by atoms with Crippen LogP contribution < -0.4 is 15.5 Å². The molecule has 4 aromatic rings. The highest BCUT2D eigenvalue weighted by molar-refractivity contribution is 7.80. The highest BCUT2D eigenvalue weighted by atomic mass is 32.1. The molecule has 0 bridgehead atoms. The molecule has 2 aromatic heterocycles. The number of nitrogens with one attached hydrogen (secondary N) is 2. The summed E-state index contributed by atoms with van der Waals surface area (Å²) in [5, 5.41) is 16.3. The van der Waals surface area contributed by atoms with E-state index in [4.69, 9.17) is 21.4 Å². The van der Waals surface area contributed by atoms with E-state index in [0.717, 1.165) is 11.4 Å². The SMILES string of the molecule is COCC(=O)Nc1ccc(N2C(=S)N[C@H](c3ccccn3)[C@@H]2c2ccc(-c3ccccc3C(=O)O)o2)cc1. The van der Waals surface area contributed by atoms with E-state index in [2.05, 4.69) is 15.6 Å². The van der Waals surface area contributed by atoms with Crippen LogP contribution in [0.5, 0.6) is 0 Å². The minimum atomic E-state index is -1.03. The normalized spacial score (nSPS) is 16.8. The number of thiocarbonyl (C=S) groups is 1. The van der Waals surface area contributed by atoms with Crippen molar-refractivity contribution >= 4 is 40.6 Å². The summed E-state index contributed by atoms with van der Waals surface area (Å²) in [6.07, 6.45) is 1.72. The Bertz CT molecular complexity index is 1470. The Morgan fingerprint density at radius 1 is 1.08 bits per heavy atom. The number of methoxy groups -OCH3 is 1. The van der Waals surface area contributed by atoms with Gasteiger partial charge in [-0.1, -0.05) is 24.3 Å². The number of carboxylic acids is 1. The van der Waals surface area contributed by atoms with Crippen LogP contribution in [-0.4, -0.2) is 40.8 Å². The molecule has 1 saturated heterocycles. The number of benzene rings is 2. The zero-order valence-electron chi connectivity index (χ0n) is 20.3. The molecule has 1 amide bonds. The topological polar surface area (TPSA) is 117 Å². The standard InChI is InChI=1S/C28H24N4O5S/c1-36-16-24(33)30-17-9-11-18(12-10-17)32-26(25(31-28(32)38)21-8-4-5-15-29-21)23-14-13-22(37-23)19-6-2-3-7-20(19)27(34)35/h2-15,25-26H,16H2,1H3,(H,30,33)(H,31,38)(H,34,35)/t25-,26+/m1/s1. The van der Waals surface area contributed by atoms with Crippen LogP contribution in [0.4, 0.5) is 11.4 Å². The van der Waals surface area contributed by atoms with Crippen LogP contribution in [0, 0.1) is 0 Å². The zero-order valence-corrected chi connectivity index (χ0v) is 21.1. The van der Waals surface area contributed by atoms with Gasteiger partial charge in [0.15, 0.2) is 5.11 Å². The minimum Gasteiger partial charge on any atom is -0.478 e. The molecule has 2 aromatic carbocycles. The Hall–Kier alpha value is -4.54. The van der Waals surface area contributed by atoms with E-state index in [-0.39, 0.29) is 24.1 Å². The Morgan fingerprint density at radius 3 is 2.55 bits per heavy atom. The number of ether oxygens (including phenoxy) is 1. The van der Waals surface area contributed by atoms with Gasteiger partial charge in [-0.05, 0) is 66.8 Å². The van der Waals surface area contributed by atoms with Gasteiger partial charge in [0.1, 0.15) is 24.2 Å². The fourth-order valence-electron chi connectivity index (χ4n) is 4.50. The van der Waals surface area contributed by atoms with Crippen molar-refractivity contribution in [3.8, 4) is 11.3 Å². The van der Waals surface area contributed by atoms with Crippen molar-refractivity contribution in [3.05, 3.63) is 102 Å². The first-order chi connectivity index (χ1) is 18.5. The van der Waals surface area contributed by atoms with Gasteiger partial charge in [0.25, 0.3) is 0 Å². The Kier molecular flexibility index (Phi) is 7.16. The molecule has 9 nitrogen and oxygen atoms in total.